The number of esters is 3. The highest BCUT2D eigenvalue weighted by Gasteiger charge is 2.19. The highest BCUT2D eigenvalue weighted by Crippen LogP contribution is 2.15. The molecule has 0 spiro atoms. The van der Waals surface area contributed by atoms with Crippen LogP contribution in [-0.4, -0.2) is 37.2 Å². The second kappa shape index (κ2) is 63.1. The summed E-state index contributed by atoms with van der Waals surface area (Å²) in [4.78, 5) is 38.2. The van der Waals surface area contributed by atoms with Crippen LogP contribution in [0.3, 0.4) is 0 Å². The molecule has 0 aromatic carbocycles. The summed E-state index contributed by atoms with van der Waals surface area (Å²) < 4.78 is 16.8. The van der Waals surface area contributed by atoms with E-state index in [0.29, 0.717) is 19.3 Å². The molecule has 0 saturated heterocycles. The van der Waals surface area contributed by atoms with Gasteiger partial charge >= 0.3 is 17.9 Å². The first-order valence-corrected chi connectivity index (χ1v) is 31.2. The molecule has 6 heteroatoms. The monoisotopic (exact) mass is 1050 g/mol. The fourth-order valence-electron chi connectivity index (χ4n) is 8.24. The van der Waals surface area contributed by atoms with Crippen LogP contribution >= 0.6 is 0 Å². The Kier molecular flexibility index (Phi) is 59.4. The van der Waals surface area contributed by atoms with E-state index in [1.54, 1.807) is 0 Å². The summed E-state index contributed by atoms with van der Waals surface area (Å²) >= 11 is 0. The third-order valence-corrected chi connectivity index (χ3v) is 12.9. The minimum Gasteiger partial charge on any atom is -0.462 e. The summed E-state index contributed by atoms with van der Waals surface area (Å²) in [6.07, 6.45) is 88.9. The van der Waals surface area contributed by atoms with Gasteiger partial charge < -0.3 is 14.2 Å². The maximum atomic E-state index is 12.9. The molecule has 1 unspecified atom stereocenters. The molecule has 0 fully saturated rings. The maximum absolute atomic E-state index is 12.9. The third kappa shape index (κ3) is 60.4. The number of allylic oxidation sites excluding steroid dienone is 22. The van der Waals surface area contributed by atoms with Crippen LogP contribution in [0.1, 0.15) is 271 Å². The highest BCUT2D eigenvalue weighted by atomic mass is 16.6. The number of hydrogen-bond donors (Lipinski definition) is 0. The zero-order valence-corrected chi connectivity index (χ0v) is 49.2. The summed E-state index contributed by atoms with van der Waals surface area (Å²) in [5.41, 5.74) is 0. The van der Waals surface area contributed by atoms with Gasteiger partial charge in [-0.2, -0.15) is 0 Å². The number of carbonyl (C=O) groups is 3. The second-order valence-electron chi connectivity index (χ2n) is 20.2. The van der Waals surface area contributed by atoms with Crippen molar-refractivity contribution in [3.05, 3.63) is 134 Å². The molecule has 0 heterocycles. The minimum absolute atomic E-state index is 0.101. The standard InChI is InChI=1S/C70H114O6/c1-4-7-10-13-16-19-22-24-26-28-30-31-32-33-34-35-36-37-38-39-40-42-43-45-48-51-54-57-60-63-69(72)75-66-67(65-74-68(71)62-59-56-53-50-47-21-18-15-12-9-6-3)76-70(73)64-61-58-55-52-49-46-44-41-29-27-25-23-20-17-14-11-8-5-2/h7,10,16,19-20,23-24,26-27,29-31,33-34,36-37,39-40,43,45,51,54,67H,4-6,8-9,11-15,17-18,21-22,25,28,32,35,38,41-42,44,46-50,52-53,55-66H2,1-3H3/b10-7-,19-16-,23-20-,26-24-,29-27-,31-30-,34-33-,37-36-,40-39-,45-43-,54-51-. The van der Waals surface area contributed by atoms with Gasteiger partial charge in [-0.05, 0) is 116 Å². The van der Waals surface area contributed by atoms with E-state index < -0.39 is 6.10 Å². The van der Waals surface area contributed by atoms with Crippen molar-refractivity contribution in [2.75, 3.05) is 13.2 Å². The lowest BCUT2D eigenvalue weighted by atomic mass is 10.1. The summed E-state index contributed by atoms with van der Waals surface area (Å²) in [6, 6.07) is 0. The van der Waals surface area contributed by atoms with Crippen molar-refractivity contribution < 1.29 is 28.6 Å². The normalized spacial score (nSPS) is 13.0. The van der Waals surface area contributed by atoms with Crippen LogP contribution in [0.4, 0.5) is 0 Å². The van der Waals surface area contributed by atoms with Gasteiger partial charge in [-0.25, -0.2) is 0 Å². The van der Waals surface area contributed by atoms with Crippen molar-refractivity contribution in [1.29, 1.82) is 0 Å². The van der Waals surface area contributed by atoms with Gasteiger partial charge in [0, 0.05) is 19.3 Å². The lowest BCUT2D eigenvalue weighted by molar-refractivity contribution is -0.167. The number of ether oxygens (including phenoxy) is 3. The molecule has 0 aromatic heterocycles. The lowest BCUT2D eigenvalue weighted by Gasteiger charge is -2.18. The molecule has 430 valence electrons. The summed E-state index contributed by atoms with van der Waals surface area (Å²) in [7, 11) is 0. The number of hydrogen-bond acceptors (Lipinski definition) is 6. The van der Waals surface area contributed by atoms with Crippen LogP contribution in [0.5, 0.6) is 0 Å². The van der Waals surface area contributed by atoms with E-state index in [2.05, 4.69) is 154 Å². The molecular weight excluding hydrogens is 937 g/mol. The van der Waals surface area contributed by atoms with Gasteiger partial charge in [-0.15, -0.1) is 0 Å². The smallest absolute Gasteiger partial charge is 0.306 e. The molecule has 1 atom stereocenters. The van der Waals surface area contributed by atoms with Crippen LogP contribution in [-0.2, 0) is 28.6 Å². The number of unbranched alkanes of at least 4 members (excludes halogenated alkanes) is 22. The number of carbonyl (C=O) groups excluding carboxylic acids is 3. The molecule has 0 aliphatic carbocycles. The Balaban J connectivity index is 4.42. The van der Waals surface area contributed by atoms with Crippen molar-refractivity contribution in [1.82, 2.24) is 0 Å². The largest absolute Gasteiger partial charge is 0.462 e. The van der Waals surface area contributed by atoms with Crippen LogP contribution in [0.2, 0.25) is 0 Å². The molecule has 0 rings (SSSR count). The summed E-state index contributed by atoms with van der Waals surface area (Å²) in [5, 5.41) is 0. The highest BCUT2D eigenvalue weighted by molar-refractivity contribution is 5.71. The SMILES string of the molecule is CC/C=C\C/C=C\C/C=C\C/C=C\C/C=C\C/C=C\C/C=C\C/C=C\C/C=C\CCCC(=O)OCC(COC(=O)CCCCCCCCCCCCC)OC(=O)CCCCCCCCC/C=C\C/C=C\CCCCCC. The van der Waals surface area contributed by atoms with Crippen LogP contribution < -0.4 is 0 Å². The second-order valence-corrected chi connectivity index (χ2v) is 20.2. The van der Waals surface area contributed by atoms with E-state index in [0.717, 1.165) is 116 Å². The Morgan fingerprint density at radius 1 is 0.276 bits per heavy atom. The predicted molar refractivity (Wildman–Crippen MR) is 329 cm³/mol. The molecule has 0 aromatic rings. The van der Waals surface area contributed by atoms with E-state index in [1.807, 2.05) is 0 Å². The van der Waals surface area contributed by atoms with Gasteiger partial charge in [0.15, 0.2) is 6.10 Å². The average Bonchev–Trinajstić information content (AvgIpc) is 3.42. The first-order chi connectivity index (χ1) is 37.5. The van der Waals surface area contributed by atoms with E-state index in [-0.39, 0.29) is 37.5 Å². The Bertz CT molecular complexity index is 1630. The molecule has 0 aliphatic heterocycles. The molecule has 0 bridgehead atoms. The maximum Gasteiger partial charge on any atom is 0.306 e. The fourth-order valence-corrected chi connectivity index (χ4v) is 8.24. The zero-order chi connectivity index (χ0) is 55.0. The van der Waals surface area contributed by atoms with E-state index in [4.69, 9.17) is 14.2 Å². The first kappa shape index (κ1) is 71.5. The van der Waals surface area contributed by atoms with Crippen molar-refractivity contribution >= 4 is 17.9 Å². The Morgan fingerprint density at radius 2 is 0.526 bits per heavy atom. The van der Waals surface area contributed by atoms with Crippen molar-refractivity contribution in [2.24, 2.45) is 0 Å². The molecule has 0 saturated carbocycles. The Hall–Kier alpha value is -4.45. The lowest BCUT2D eigenvalue weighted by Crippen LogP contribution is -2.30. The topological polar surface area (TPSA) is 78.9 Å². The number of rotatable bonds is 55. The minimum atomic E-state index is -0.809. The van der Waals surface area contributed by atoms with Gasteiger partial charge in [0.2, 0.25) is 0 Å². The van der Waals surface area contributed by atoms with Crippen LogP contribution in [0, 0.1) is 0 Å². The molecule has 6 nitrogen and oxygen atoms in total. The van der Waals surface area contributed by atoms with E-state index in [9.17, 15) is 14.4 Å². The molecule has 0 N–H and O–H groups in total. The summed E-state index contributed by atoms with van der Waals surface area (Å²) in [6.45, 7) is 6.45. The fraction of sp³-hybridized carbons (Fsp3) is 0.643. The Morgan fingerprint density at radius 3 is 0.868 bits per heavy atom. The van der Waals surface area contributed by atoms with E-state index >= 15 is 0 Å². The average molecular weight is 1050 g/mol. The van der Waals surface area contributed by atoms with Gasteiger partial charge in [0.1, 0.15) is 13.2 Å². The van der Waals surface area contributed by atoms with Crippen molar-refractivity contribution in [3.8, 4) is 0 Å². The molecule has 0 amide bonds. The zero-order valence-electron chi connectivity index (χ0n) is 49.2. The van der Waals surface area contributed by atoms with Crippen LogP contribution in [0.15, 0.2) is 134 Å². The third-order valence-electron chi connectivity index (χ3n) is 12.9. The molecule has 0 aliphatic rings. The van der Waals surface area contributed by atoms with Gasteiger partial charge in [0.25, 0.3) is 0 Å². The molecular formula is C70H114O6. The molecule has 76 heavy (non-hydrogen) atoms. The molecule has 0 radical (unpaired) electrons. The first-order valence-electron chi connectivity index (χ1n) is 31.2. The van der Waals surface area contributed by atoms with Crippen molar-refractivity contribution in [2.45, 2.75) is 277 Å². The Labute approximate surface area is 468 Å². The summed E-state index contributed by atoms with van der Waals surface area (Å²) in [5.74, 6) is -0.972. The van der Waals surface area contributed by atoms with Crippen LogP contribution in [0.25, 0.3) is 0 Å². The van der Waals surface area contributed by atoms with Gasteiger partial charge in [0.05, 0.1) is 0 Å². The quantitative estimate of drug-likeness (QED) is 0.0261. The van der Waals surface area contributed by atoms with E-state index in [1.165, 1.54) is 109 Å². The predicted octanol–water partition coefficient (Wildman–Crippen LogP) is 21.4. The van der Waals surface area contributed by atoms with Crippen molar-refractivity contribution in [3.63, 3.8) is 0 Å². The van der Waals surface area contributed by atoms with Gasteiger partial charge in [-0.3, -0.25) is 14.4 Å². The van der Waals surface area contributed by atoms with Gasteiger partial charge in [-0.1, -0.05) is 270 Å².